The Balaban J connectivity index is 0.00000240. The van der Waals surface area contributed by atoms with Crippen LogP contribution in [0, 0.1) is 13.8 Å². The van der Waals surface area contributed by atoms with Gasteiger partial charge in [0.05, 0.1) is 17.6 Å². The van der Waals surface area contributed by atoms with Crippen LogP contribution in [0.5, 0.6) is 5.75 Å². The van der Waals surface area contributed by atoms with Crippen LogP contribution in [0.2, 0.25) is 0 Å². The summed E-state index contributed by atoms with van der Waals surface area (Å²) in [5.41, 5.74) is 4.57. The van der Waals surface area contributed by atoms with E-state index in [1.165, 1.54) is 43.2 Å². The average molecular weight is 415 g/mol. The number of imidazole rings is 1. The number of aliphatic hydroxyl groups excluding tert-OH is 1. The van der Waals surface area contributed by atoms with Gasteiger partial charge in [0.15, 0.2) is 0 Å². The van der Waals surface area contributed by atoms with E-state index in [9.17, 15) is 5.11 Å². The number of fused-ring (bicyclic) bond motifs is 1. The van der Waals surface area contributed by atoms with Gasteiger partial charge in [-0.25, -0.2) is 4.98 Å². The van der Waals surface area contributed by atoms with E-state index in [0.29, 0.717) is 12.5 Å². The lowest BCUT2D eigenvalue weighted by Crippen LogP contribution is -2.25. The van der Waals surface area contributed by atoms with Crippen molar-refractivity contribution in [2.75, 3.05) is 6.61 Å². The molecule has 1 atom stereocenters. The van der Waals surface area contributed by atoms with E-state index in [-0.39, 0.29) is 19.0 Å². The molecule has 4 rings (SSSR count). The molecular weight excluding hydrogens is 384 g/mol. The summed E-state index contributed by atoms with van der Waals surface area (Å²) in [6, 6.07) is 14.3. The van der Waals surface area contributed by atoms with Crippen LogP contribution in [0.3, 0.4) is 0 Å². The van der Waals surface area contributed by atoms with Crippen LogP contribution in [0.1, 0.15) is 55.0 Å². The molecule has 1 aliphatic carbocycles. The highest BCUT2D eigenvalue weighted by Crippen LogP contribution is 2.34. The van der Waals surface area contributed by atoms with Gasteiger partial charge in [-0.05, 0) is 62.1 Å². The van der Waals surface area contributed by atoms with Gasteiger partial charge in [0, 0.05) is 5.92 Å². The van der Waals surface area contributed by atoms with E-state index in [2.05, 4.69) is 36.6 Å². The molecule has 5 heteroatoms. The lowest BCUT2D eigenvalue weighted by Gasteiger charge is -2.23. The van der Waals surface area contributed by atoms with Crippen molar-refractivity contribution >= 4 is 23.4 Å². The van der Waals surface area contributed by atoms with E-state index >= 15 is 0 Å². The maximum absolute atomic E-state index is 10.7. The molecular formula is C24H31ClN2O2. The van der Waals surface area contributed by atoms with Crippen LogP contribution in [-0.2, 0) is 6.54 Å². The molecule has 4 nitrogen and oxygen atoms in total. The lowest BCUT2D eigenvalue weighted by atomic mass is 9.88. The Labute approximate surface area is 179 Å². The highest BCUT2D eigenvalue weighted by molar-refractivity contribution is 5.85. The van der Waals surface area contributed by atoms with Gasteiger partial charge < -0.3 is 14.4 Å². The SMILES string of the molecule is Cc1ccc(OCC(O)Cn2c(C3CCCCC3)nc3ccccc32)cc1C.Cl. The normalized spacial score (nSPS) is 15.8. The summed E-state index contributed by atoms with van der Waals surface area (Å²) >= 11 is 0. The van der Waals surface area contributed by atoms with Crippen LogP contribution in [0.25, 0.3) is 11.0 Å². The highest BCUT2D eigenvalue weighted by atomic mass is 35.5. The van der Waals surface area contributed by atoms with Gasteiger partial charge in [-0.15, -0.1) is 12.4 Å². The summed E-state index contributed by atoms with van der Waals surface area (Å²) in [6.07, 6.45) is 5.67. The lowest BCUT2D eigenvalue weighted by molar-refractivity contribution is 0.0922. The molecule has 29 heavy (non-hydrogen) atoms. The summed E-state index contributed by atoms with van der Waals surface area (Å²) in [5, 5.41) is 10.7. The third-order valence-corrected chi connectivity index (χ3v) is 5.97. The van der Waals surface area contributed by atoms with Crippen LogP contribution < -0.4 is 4.74 Å². The van der Waals surface area contributed by atoms with E-state index in [4.69, 9.17) is 9.72 Å². The fourth-order valence-electron chi connectivity index (χ4n) is 4.22. The first-order chi connectivity index (χ1) is 13.6. The van der Waals surface area contributed by atoms with Crippen LogP contribution in [0.15, 0.2) is 42.5 Å². The number of benzene rings is 2. The number of hydrogen-bond donors (Lipinski definition) is 1. The summed E-state index contributed by atoms with van der Waals surface area (Å²) < 4.78 is 8.09. The predicted molar refractivity (Wildman–Crippen MR) is 120 cm³/mol. The van der Waals surface area contributed by atoms with Crippen molar-refractivity contribution < 1.29 is 9.84 Å². The molecule has 156 valence electrons. The van der Waals surface area contributed by atoms with Crippen molar-refractivity contribution in [3.63, 3.8) is 0 Å². The number of ether oxygens (including phenoxy) is 1. The highest BCUT2D eigenvalue weighted by Gasteiger charge is 2.23. The monoisotopic (exact) mass is 414 g/mol. The molecule has 1 N–H and O–H groups in total. The predicted octanol–water partition coefficient (Wildman–Crippen LogP) is 5.56. The minimum Gasteiger partial charge on any atom is -0.491 e. The molecule has 0 amide bonds. The second-order valence-corrected chi connectivity index (χ2v) is 8.12. The molecule has 0 bridgehead atoms. The van der Waals surface area contributed by atoms with Gasteiger partial charge in [-0.3, -0.25) is 0 Å². The smallest absolute Gasteiger partial charge is 0.119 e. The molecule has 1 heterocycles. The second-order valence-electron chi connectivity index (χ2n) is 8.12. The number of halogens is 1. The van der Waals surface area contributed by atoms with Crippen LogP contribution >= 0.6 is 12.4 Å². The standard InChI is InChI=1S/C24H30N2O2.ClH/c1-17-12-13-21(14-18(17)2)28-16-20(27)15-26-23-11-7-6-10-22(23)25-24(26)19-8-4-3-5-9-19;/h6-7,10-14,19-20,27H,3-5,8-9,15-16H2,1-2H3;1H. The Morgan fingerprint density at radius 1 is 1.07 bits per heavy atom. The van der Waals surface area contributed by atoms with Gasteiger partial charge in [0.2, 0.25) is 0 Å². The third-order valence-electron chi connectivity index (χ3n) is 5.97. The molecule has 1 aromatic heterocycles. The molecule has 1 aliphatic rings. The first-order valence-electron chi connectivity index (χ1n) is 10.4. The van der Waals surface area contributed by atoms with E-state index in [1.807, 2.05) is 24.3 Å². The summed E-state index contributed by atoms with van der Waals surface area (Å²) in [6.45, 7) is 4.95. The average Bonchev–Trinajstić information content (AvgIpc) is 3.08. The van der Waals surface area contributed by atoms with Crippen molar-refractivity contribution in [1.82, 2.24) is 9.55 Å². The maximum atomic E-state index is 10.7. The molecule has 1 fully saturated rings. The van der Waals surface area contributed by atoms with Crippen LogP contribution in [0.4, 0.5) is 0 Å². The van der Waals surface area contributed by atoms with Crippen molar-refractivity contribution in [1.29, 1.82) is 0 Å². The first-order valence-corrected chi connectivity index (χ1v) is 10.4. The zero-order valence-electron chi connectivity index (χ0n) is 17.3. The van der Waals surface area contributed by atoms with Crippen molar-refractivity contribution in [3.05, 3.63) is 59.4 Å². The first kappa shape index (κ1) is 21.7. The van der Waals surface area contributed by atoms with Gasteiger partial charge in [-0.2, -0.15) is 0 Å². The summed E-state index contributed by atoms with van der Waals surface area (Å²) in [5.74, 6) is 2.44. The van der Waals surface area contributed by atoms with E-state index in [0.717, 1.165) is 22.6 Å². The number of rotatable bonds is 6. The van der Waals surface area contributed by atoms with E-state index in [1.54, 1.807) is 0 Å². The maximum Gasteiger partial charge on any atom is 0.119 e. The molecule has 0 saturated heterocycles. The number of para-hydroxylation sites is 2. The van der Waals surface area contributed by atoms with Gasteiger partial charge in [0.25, 0.3) is 0 Å². The largest absolute Gasteiger partial charge is 0.491 e. The molecule has 0 aliphatic heterocycles. The Morgan fingerprint density at radius 3 is 2.59 bits per heavy atom. The second kappa shape index (κ2) is 9.64. The Bertz CT molecular complexity index is 947. The number of aryl methyl sites for hydroxylation is 2. The van der Waals surface area contributed by atoms with Gasteiger partial charge in [0.1, 0.15) is 24.3 Å². The molecule has 0 spiro atoms. The number of aromatic nitrogens is 2. The topological polar surface area (TPSA) is 47.3 Å². The number of hydrogen-bond acceptors (Lipinski definition) is 3. The van der Waals surface area contributed by atoms with E-state index < -0.39 is 6.10 Å². The minimum atomic E-state index is -0.582. The zero-order chi connectivity index (χ0) is 19.5. The summed E-state index contributed by atoms with van der Waals surface area (Å²) in [4.78, 5) is 4.94. The van der Waals surface area contributed by atoms with Crippen molar-refractivity contribution in [2.24, 2.45) is 0 Å². The minimum absolute atomic E-state index is 0. The molecule has 1 saturated carbocycles. The third kappa shape index (κ3) is 4.93. The Morgan fingerprint density at radius 2 is 1.83 bits per heavy atom. The quantitative estimate of drug-likeness (QED) is 0.574. The molecule has 0 radical (unpaired) electrons. The van der Waals surface area contributed by atoms with Gasteiger partial charge >= 0.3 is 0 Å². The Kier molecular flexibility index (Phi) is 7.20. The summed E-state index contributed by atoms with van der Waals surface area (Å²) in [7, 11) is 0. The van der Waals surface area contributed by atoms with Crippen molar-refractivity contribution in [3.8, 4) is 5.75 Å². The Hall–Kier alpha value is -2.04. The number of nitrogens with zero attached hydrogens (tertiary/aromatic N) is 2. The zero-order valence-corrected chi connectivity index (χ0v) is 18.1. The number of aliphatic hydroxyl groups is 1. The van der Waals surface area contributed by atoms with Crippen LogP contribution in [-0.4, -0.2) is 27.4 Å². The fraction of sp³-hybridized carbons (Fsp3) is 0.458. The fourth-order valence-corrected chi connectivity index (χ4v) is 4.22. The molecule has 2 aromatic carbocycles. The van der Waals surface area contributed by atoms with Crippen molar-refractivity contribution in [2.45, 2.75) is 64.5 Å². The molecule has 3 aromatic rings. The van der Waals surface area contributed by atoms with Gasteiger partial charge in [-0.1, -0.05) is 37.5 Å². The molecule has 1 unspecified atom stereocenters.